The summed E-state index contributed by atoms with van der Waals surface area (Å²) in [5, 5.41) is 17.4. The first kappa shape index (κ1) is 18.2. The number of nitrogens with one attached hydrogen (secondary N) is 1. The van der Waals surface area contributed by atoms with Crippen molar-refractivity contribution >= 4 is 16.8 Å². The molecule has 7 heteroatoms. The molecule has 2 aromatic carbocycles. The maximum atomic E-state index is 13.2. The number of H-pyrrole nitrogens is 1. The number of nitrogens with zero attached hydrogens (tertiary/aromatic N) is 2. The van der Waals surface area contributed by atoms with E-state index in [1.807, 2.05) is 0 Å². The third kappa shape index (κ3) is 3.61. The number of rotatable bonds is 5. The Morgan fingerprint density at radius 2 is 2.00 bits per heavy atom. The second kappa shape index (κ2) is 7.82. The van der Waals surface area contributed by atoms with Crippen LogP contribution in [-0.2, 0) is 11.3 Å². The monoisotopic (exact) mass is 379 g/mol. The van der Waals surface area contributed by atoms with E-state index >= 15 is 0 Å². The molecule has 0 spiro atoms. The number of hydrogen-bond donors (Lipinski definition) is 2. The molecule has 0 unspecified atom stereocenters. The molecule has 1 aromatic heterocycles. The van der Waals surface area contributed by atoms with Crippen LogP contribution in [0.4, 0.5) is 0 Å². The predicted molar refractivity (Wildman–Crippen MR) is 104 cm³/mol. The van der Waals surface area contributed by atoms with Crippen LogP contribution in [0.15, 0.2) is 53.3 Å². The topological polar surface area (TPSA) is 95.5 Å². The number of benzene rings is 2. The van der Waals surface area contributed by atoms with Crippen molar-refractivity contribution in [1.82, 2.24) is 15.1 Å². The number of hydrogen-bond acceptors (Lipinski definition) is 5. The van der Waals surface area contributed by atoms with E-state index in [2.05, 4.69) is 10.2 Å². The number of carbonyl (C=O) groups excluding carboxylic acids is 1. The lowest BCUT2D eigenvalue weighted by atomic mass is 10.1. The number of aromatic hydroxyl groups is 1. The molecule has 7 nitrogen and oxygen atoms in total. The molecule has 2 heterocycles. The number of fused-ring (bicyclic) bond motifs is 1. The Bertz CT molecular complexity index is 1060. The summed E-state index contributed by atoms with van der Waals surface area (Å²) in [5.41, 5.74) is 0.614. The Kier molecular flexibility index (Phi) is 5.08. The number of aromatic nitrogens is 2. The summed E-state index contributed by atoms with van der Waals surface area (Å²) in [6.45, 7) is 1.17. The van der Waals surface area contributed by atoms with Gasteiger partial charge in [-0.15, -0.1) is 0 Å². The van der Waals surface area contributed by atoms with Crippen molar-refractivity contribution in [3.05, 3.63) is 70.0 Å². The van der Waals surface area contributed by atoms with E-state index < -0.39 is 11.3 Å². The minimum Gasteiger partial charge on any atom is -0.508 e. The van der Waals surface area contributed by atoms with E-state index in [1.165, 1.54) is 4.90 Å². The van der Waals surface area contributed by atoms with Crippen molar-refractivity contribution in [3.8, 4) is 5.75 Å². The predicted octanol–water partition coefficient (Wildman–Crippen LogP) is 2.45. The van der Waals surface area contributed by atoms with Crippen LogP contribution in [0.2, 0.25) is 0 Å². The van der Waals surface area contributed by atoms with Crippen LogP contribution in [0.3, 0.4) is 0 Å². The van der Waals surface area contributed by atoms with Gasteiger partial charge < -0.3 is 14.7 Å². The standard InChI is InChI=1S/C21H21N3O4/c25-18-10-4-1-6-14(18)12-24(13-15-7-5-11-28-15)21(27)19-20(26)16-8-2-3-9-17(16)22-23-19/h1-4,6,8-10,15,25H,5,7,11-13H2,(H,22,26)/t15-/m1/s1. The van der Waals surface area contributed by atoms with Gasteiger partial charge in [-0.05, 0) is 31.0 Å². The maximum Gasteiger partial charge on any atom is 0.278 e. The van der Waals surface area contributed by atoms with E-state index in [0.29, 0.717) is 29.6 Å². The lowest BCUT2D eigenvalue weighted by molar-refractivity contribution is 0.0499. The normalized spacial score (nSPS) is 16.4. The second-order valence-electron chi connectivity index (χ2n) is 6.90. The van der Waals surface area contributed by atoms with Crippen molar-refractivity contribution in [3.63, 3.8) is 0 Å². The number of carbonyl (C=O) groups is 1. The molecule has 1 aliphatic rings. The molecular formula is C21H21N3O4. The van der Waals surface area contributed by atoms with Crippen molar-refractivity contribution in [2.24, 2.45) is 0 Å². The van der Waals surface area contributed by atoms with Crippen LogP contribution in [0, 0.1) is 0 Å². The van der Waals surface area contributed by atoms with Crippen LogP contribution >= 0.6 is 0 Å². The molecule has 1 saturated heterocycles. The van der Waals surface area contributed by atoms with Crippen LogP contribution in [-0.4, -0.2) is 45.4 Å². The largest absolute Gasteiger partial charge is 0.508 e. The Labute approximate surface area is 161 Å². The van der Waals surface area contributed by atoms with Crippen LogP contribution in [0.5, 0.6) is 5.75 Å². The van der Waals surface area contributed by atoms with Gasteiger partial charge in [0.1, 0.15) is 5.75 Å². The molecule has 3 aromatic rings. The molecule has 0 aliphatic carbocycles. The van der Waals surface area contributed by atoms with Gasteiger partial charge in [0.15, 0.2) is 5.69 Å². The summed E-state index contributed by atoms with van der Waals surface area (Å²) in [6, 6.07) is 13.8. The average Bonchev–Trinajstić information content (AvgIpc) is 3.22. The number of ether oxygens (including phenoxy) is 1. The van der Waals surface area contributed by atoms with Crippen molar-refractivity contribution in [2.75, 3.05) is 13.2 Å². The fraction of sp³-hybridized carbons (Fsp3) is 0.286. The number of amides is 1. The summed E-state index contributed by atoms with van der Waals surface area (Å²) < 4.78 is 5.68. The van der Waals surface area contributed by atoms with Crippen LogP contribution in [0.1, 0.15) is 28.9 Å². The first-order chi connectivity index (χ1) is 13.6. The number of phenolic OH excluding ortho intramolecular Hbond substituents is 1. The highest BCUT2D eigenvalue weighted by molar-refractivity contribution is 5.95. The zero-order valence-corrected chi connectivity index (χ0v) is 15.3. The summed E-state index contributed by atoms with van der Waals surface area (Å²) in [7, 11) is 0. The smallest absolute Gasteiger partial charge is 0.278 e. The molecule has 1 aliphatic heterocycles. The van der Waals surface area contributed by atoms with Gasteiger partial charge in [-0.1, -0.05) is 30.3 Å². The molecule has 2 N–H and O–H groups in total. The van der Waals surface area contributed by atoms with Gasteiger partial charge in [-0.2, -0.15) is 5.10 Å². The first-order valence-corrected chi connectivity index (χ1v) is 9.28. The molecule has 0 bridgehead atoms. The molecule has 0 radical (unpaired) electrons. The minimum absolute atomic E-state index is 0.0886. The van der Waals surface area contributed by atoms with Gasteiger partial charge in [-0.3, -0.25) is 14.7 Å². The Balaban J connectivity index is 1.69. The highest BCUT2D eigenvalue weighted by atomic mass is 16.5. The van der Waals surface area contributed by atoms with E-state index in [0.717, 1.165) is 12.8 Å². The SMILES string of the molecule is O=C(c1n[nH]c2ccccc2c1=O)N(Cc1ccccc1O)C[C@H]1CCCO1. The summed E-state index contributed by atoms with van der Waals surface area (Å²) in [6.07, 6.45) is 1.71. The zero-order valence-electron chi connectivity index (χ0n) is 15.3. The van der Waals surface area contributed by atoms with Gasteiger partial charge in [-0.25, -0.2) is 0 Å². The van der Waals surface area contributed by atoms with E-state index in [9.17, 15) is 14.7 Å². The van der Waals surface area contributed by atoms with Crippen molar-refractivity contribution in [2.45, 2.75) is 25.5 Å². The average molecular weight is 379 g/mol. The quantitative estimate of drug-likeness (QED) is 0.710. The van der Waals surface area contributed by atoms with E-state index in [1.54, 1.807) is 48.5 Å². The summed E-state index contributed by atoms with van der Waals surface area (Å²) >= 11 is 0. The fourth-order valence-corrected chi connectivity index (χ4v) is 3.47. The van der Waals surface area contributed by atoms with Crippen molar-refractivity contribution in [1.29, 1.82) is 0 Å². The number of para-hydroxylation sites is 2. The first-order valence-electron chi connectivity index (χ1n) is 9.28. The third-order valence-electron chi connectivity index (χ3n) is 4.97. The van der Waals surface area contributed by atoms with Gasteiger partial charge in [0.25, 0.3) is 5.91 Å². The van der Waals surface area contributed by atoms with E-state index in [-0.39, 0.29) is 24.1 Å². The number of phenols is 1. The van der Waals surface area contributed by atoms with Gasteiger partial charge in [0, 0.05) is 30.6 Å². The molecule has 1 amide bonds. The van der Waals surface area contributed by atoms with Crippen LogP contribution in [0.25, 0.3) is 10.9 Å². The highest BCUT2D eigenvalue weighted by Crippen LogP contribution is 2.21. The molecule has 1 atom stereocenters. The van der Waals surface area contributed by atoms with E-state index in [4.69, 9.17) is 4.74 Å². The van der Waals surface area contributed by atoms with Gasteiger partial charge in [0.05, 0.1) is 11.6 Å². The Hall–Kier alpha value is -3.19. The Morgan fingerprint density at radius 1 is 1.21 bits per heavy atom. The molecule has 1 fully saturated rings. The van der Waals surface area contributed by atoms with Crippen LogP contribution < -0.4 is 5.43 Å². The molecule has 4 rings (SSSR count). The second-order valence-corrected chi connectivity index (χ2v) is 6.90. The van der Waals surface area contributed by atoms with Gasteiger partial charge in [0.2, 0.25) is 5.43 Å². The lowest BCUT2D eigenvalue weighted by Crippen LogP contribution is -2.39. The molecule has 144 valence electrons. The molecular weight excluding hydrogens is 358 g/mol. The molecule has 28 heavy (non-hydrogen) atoms. The molecule has 0 saturated carbocycles. The lowest BCUT2D eigenvalue weighted by Gasteiger charge is -2.25. The minimum atomic E-state index is -0.481. The third-order valence-corrected chi connectivity index (χ3v) is 4.97. The summed E-state index contributed by atoms with van der Waals surface area (Å²) in [5.74, 6) is -0.376. The van der Waals surface area contributed by atoms with Gasteiger partial charge >= 0.3 is 0 Å². The zero-order chi connectivity index (χ0) is 19.5. The highest BCUT2D eigenvalue weighted by Gasteiger charge is 2.27. The fourth-order valence-electron chi connectivity index (χ4n) is 3.47. The Morgan fingerprint density at radius 3 is 2.79 bits per heavy atom. The number of aromatic amines is 1. The maximum absolute atomic E-state index is 13.2. The van der Waals surface area contributed by atoms with Crippen molar-refractivity contribution < 1.29 is 14.6 Å². The summed E-state index contributed by atoms with van der Waals surface area (Å²) in [4.78, 5) is 27.6.